The highest BCUT2D eigenvalue weighted by Crippen LogP contribution is 2.11. The van der Waals surface area contributed by atoms with E-state index in [2.05, 4.69) is 15.3 Å². The maximum Gasteiger partial charge on any atom is 0.254 e. The van der Waals surface area contributed by atoms with Gasteiger partial charge < -0.3 is 10.3 Å². The molecule has 0 aliphatic carbocycles. The molecule has 2 N–H and O–H groups in total. The number of carbonyl (C=O) groups is 1. The van der Waals surface area contributed by atoms with Crippen LogP contribution in [0, 0.1) is 11.6 Å². The minimum atomic E-state index is -0.765. The molecule has 0 unspecified atom stereocenters. The number of aromatic nitrogens is 2. The molecule has 106 valence electrons. The normalized spacial score (nSPS) is 10.8. The van der Waals surface area contributed by atoms with E-state index >= 15 is 0 Å². The van der Waals surface area contributed by atoms with Gasteiger partial charge in [-0.25, -0.2) is 13.8 Å². The van der Waals surface area contributed by atoms with Crippen LogP contribution in [0.5, 0.6) is 0 Å². The minimum Gasteiger partial charge on any atom is -0.345 e. The van der Waals surface area contributed by atoms with Crippen molar-refractivity contribution in [3.63, 3.8) is 0 Å². The summed E-state index contributed by atoms with van der Waals surface area (Å²) in [6.45, 7) is 0.101. The second-order valence-electron chi connectivity index (χ2n) is 4.51. The Labute approximate surface area is 118 Å². The molecule has 1 aromatic heterocycles. The third-order valence-corrected chi connectivity index (χ3v) is 3.03. The molecule has 0 saturated carbocycles. The van der Waals surface area contributed by atoms with Gasteiger partial charge in [-0.15, -0.1) is 0 Å². The third-order valence-electron chi connectivity index (χ3n) is 3.03. The number of benzene rings is 2. The maximum atomic E-state index is 13.5. The molecule has 1 amide bonds. The Morgan fingerprint density at radius 3 is 2.81 bits per heavy atom. The molecular weight excluding hydrogens is 276 g/mol. The number of halogens is 2. The first-order valence-corrected chi connectivity index (χ1v) is 6.30. The molecule has 0 fully saturated rings. The van der Waals surface area contributed by atoms with Gasteiger partial charge in [-0.2, -0.15) is 0 Å². The number of hydrogen-bond acceptors (Lipinski definition) is 2. The van der Waals surface area contributed by atoms with Crippen molar-refractivity contribution in [2.45, 2.75) is 6.54 Å². The van der Waals surface area contributed by atoms with Gasteiger partial charge in [0, 0.05) is 0 Å². The molecule has 3 rings (SSSR count). The Kier molecular flexibility index (Phi) is 3.35. The highest BCUT2D eigenvalue weighted by atomic mass is 19.1. The number of nitrogens with one attached hydrogen (secondary N) is 2. The SMILES string of the molecule is O=C(NCc1nc2ccccc2[nH]1)c1cc(F)ccc1F. The molecule has 0 aliphatic rings. The van der Waals surface area contributed by atoms with Crippen molar-refractivity contribution in [1.29, 1.82) is 0 Å². The number of hydrogen-bond donors (Lipinski definition) is 2. The van der Waals surface area contributed by atoms with Crippen molar-refractivity contribution in [2.24, 2.45) is 0 Å². The Bertz CT molecular complexity index is 781. The zero-order valence-corrected chi connectivity index (χ0v) is 10.9. The lowest BCUT2D eigenvalue weighted by atomic mass is 10.2. The van der Waals surface area contributed by atoms with Gasteiger partial charge in [0.15, 0.2) is 0 Å². The number of imidazole rings is 1. The van der Waals surface area contributed by atoms with Crippen molar-refractivity contribution in [3.05, 3.63) is 65.5 Å². The zero-order chi connectivity index (χ0) is 14.8. The zero-order valence-electron chi connectivity index (χ0n) is 10.9. The van der Waals surface area contributed by atoms with Gasteiger partial charge in [0.05, 0.1) is 23.1 Å². The molecule has 0 spiro atoms. The number of rotatable bonds is 3. The lowest BCUT2D eigenvalue weighted by Gasteiger charge is -2.04. The summed E-state index contributed by atoms with van der Waals surface area (Å²) in [5.74, 6) is -1.57. The largest absolute Gasteiger partial charge is 0.345 e. The van der Waals surface area contributed by atoms with Crippen molar-refractivity contribution in [2.75, 3.05) is 0 Å². The molecule has 0 atom stereocenters. The molecule has 4 nitrogen and oxygen atoms in total. The van der Waals surface area contributed by atoms with E-state index < -0.39 is 17.5 Å². The minimum absolute atomic E-state index is 0.101. The Morgan fingerprint density at radius 2 is 2.00 bits per heavy atom. The average Bonchev–Trinajstić information content (AvgIpc) is 2.90. The molecular formula is C15H11F2N3O. The van der Waals surface area contributed by atoms with Gasteiger partial charge in [-0.3, -0.25) is 4.79 Å². The van der Waals surface area contributed by atoms with Crippen LogP contribution < -0.4 is 5.32 Å². The Balaban J connectivity index is 1.74. The number of H-pyrrole nitrogens is 1. The van der Waals surface area contributed by atoms with Gasteiger partial charge in [0.1, 0.15) is 17.5 Å². The van der Waals surface area contributed by atoms with E-state index in [0.29, 0.717) is 5.82 Å². The van der Waals surface area contributed by atoms with E-state index in [-0.39, 0.29) is 12.1 Å². The predicted molar refractivity (Wildman–Crippen MR) is 73.6 cm³/mol. The van der Waals surface area contributed by atoms with Gasteiger partial charge in [-0.05, 0) is 30.3 Å². The van der Waals surface area contributed by atoms with E-state index in [9.17, 15) is 13.6 Å². The molecule has 3 aromatic rings. The first-order chi connectivity index (χ1) is 10.1. The summed E-state index contributed by atoms with van der Waals surface area (Å²) in [7, 11) is 0. The summed E-state index contributed by atoms with van der Waals surface area (Å²) in [5.41, 5.74) is 1.29. The molecule has 6 heteroatoms. The average molecular weight is 287 g/mol. The first-order valence-electron chi connectivity index (χ1n) is 6.30. The van der Waals surface area contributed by atoms with Crippen LogP contribution in [0.1, 0.15) is 16.2 Å². The number of aromatic amines is 1. The van der Waals surface area contributed by atoms with Gasteiger partial charge in [-0.1, -0.05) is 12.1 Å². The smallest absolute Gasteiger partial charge is 0.254 e. The highest BCUT2D eigenvalue weighted by Gasteiger charge is 2.13. The van der Waals surface area contributed by atoms with E-state index in [4.69, 9.17) is 0 Å². The number of nitrogens with zero attached hydrogens (tertiary/aromatic N) is 1. The number of fused-ring (bicyclic) bond motifs is 1. The topological polar surface area (TPSA) is 57.8 Å². The van der Waals surface area contributed by atoms with Crippen LogP contribution in [0.2, 0.25) is 0 Å². The van der Waals surface area contributed by atoms with Gasteiger partial charge >= 0.3 is 0 Å². The summed E-state index contributed by atoms with van der Waals surface area (Å²) in [6.07, 6.45) is 0. The first kappa shape index (κ1) is 13.2. The van der Waals surface area contributed by atoms with Crippen molar-refractivity contribution < 1.29 is 13.6 Å². The second-order valence-corrected chi connectivity index (χ2v) is 4.51. The second kappa shape index (κ2) is 5.32. The van der Waals surface area contributed by atoms with Crippen molar-refractivity contribution >= 4 is 16.9 Å². The van der Waals surface area contributed by atoms with E-state index in [1.807, 2.05) is 24.3 Å². The van der Waals surface area contributed by atoms with Crippen molar-refractivity contribution in [3.8, 4) is 0 Å². The van der Waals surface area contributed by atoms with E-state index in [0.717, 1.165) is 29.2 Å². The number of para-hydroxylation sites is 2. The van der Waals surface area contributed by atoms with E-state index in [1.54, 1.807) is 0 Å². The quantitative estimate of drug-likeness (QED) is 0.778. The third kappa shape index (κ3) is 2.74. The highest BCUT2D eigenvalue weighted by molar-refractivity contribution is 5.94. The monoisotopic (exact) mass is 287 g/mol. The summed E-state index contributed by atoms with van der Waals surface area (Å²) in [5, 5.41) is 2.50. The number of carbonyl (C=O) groups excluding carboxylic acids is 1. The fourth-order valence-electron chi connectivity index (χ4n) is 2.02. The molecule has 2 aromatic carbocycles. The van der Waals surface area contributed by atoms with Gasteiger partial charge in [0.2, 0.25) is 0 Å². The Hall–Kier alpha value is -2.76. The lowest BCUT2D eigenvalue weighted by molar-refractivity contribution is 0.0945. The van der Waals surface area contributed by atoms with Crippen LogP contribution in [0.4, 0.5) is 8.78 Å². The molecule has 0 radical (unpaired) electrons. The number of amides is 1. The fourth-order valence-corrected chi connectivity index (χ4v) is 2.02. The lowest BCUT2D eigenvalue weighted by Crippen LogP contribution is -2.24. The summed E-state index contributed by atoms with van der Waals surface area (Å²) in [4.78, 5) is 19.2. The summed E-state index contributed by atoms with van der Waals surface area (Å²) >= 11 is 0. The molecule has 21 heavy (non-hydrogen) atoms. The summed E-state index contributed by atoms with van der Waals surface area (Å²) in [6, 6.07) is 10.2. The molecule has 0 bridgehead atoms. The van der Waals surface area contributed by atoms with Crippen LogP contribution in [0.25, 0.3) is 11.0 Å². The van der Waals surface area contributed by atoms with E-state index in [1.165, 1.54) is 0 Å². The Morgan fingerprint density at radius 1 is 1.19 bits per heavy atom. The van der Waals surface area contributed by atoms with Crippen molar-refractivity contribution in [1.82, 2.24) is 15.3 Å². The van der Waals surface area contributed by atoms with Crippen LogP contribution in [0.15, 0.2) is 42.5 Å². The van der Waals surface area contributed by atoms with Crippen LogP contribution >= 0.6 is 0 Å². The predicted octanol–water partition coefficient (Wildman–Crippen LogP) is 2.77. The maximum absolute atomic E-state index is 13.5. The molecule has 0 saturated heterocycles. The summed E-state index contributed by atoms with van der Waals surface area (Å²) < 4.78 is 26.5. The molecule has 0 aliphatic heterocycles. The van der Waals surface area contributed by atoms with Crippen LogP contribution in [-0.4, -0.2) is 15.9 Å². The fraction of sp³-hybridized carbons (Fsp3) is 0.0667. The van der Waals surface area contributed by atoms with Crippen LogP contribution in [-0.2, 0) is 6.54 Å². The van der Waals surface area contributed by atoms with Crippen LogP contribution in [0.3, 0.4) is 0 Å². The standard InChI is InChI=1S/C15H11F2N3O/c16-9-5-6-11(17)10(7-9)15(21)18-8-14-19-12-3-1-2-4-13(12)20-14/h1-7H,8H2,(H,18,21)(H,19,20). The molecule has 1 heterocycles. The van der Waals surface area contributed by atoms with Gasteiger partial charge in [0.25, 0.3) is 5.91 Å².